The number of ether oxygens (including phenoxy) is 1. The van der Waals surface area contributed by atoms with Crippen LogP contribution in [0.3, 0.4) is 0 Å². The van der Waals surface area contributed by atoms with Crippen LogP contribution in [-0.2, 0) is 20.3 Å². The summed E-state index contributed by atoms with van der Waals surface area (Å²) in [5.74, 6) is 0.670. The van der Waals surface area contributed by atoms with Gasteiger partial charge in [0.25, 0.3) is 5.91 Å². The van der Waals surface area contributed by atoms with E-state index in [1.165, 1.54) is 5.56 Å². The molecule has 0 saturated carbocycles. The van der Waals surface area contributed by atoms with Crippen molar-refractivity contribution in [3.05, 3.63) is 64.2 Å². The van der Waals surface area contributed by atoms with E-state index in [0.717, 1.165) is 30.9 Å². The number of amides is 1. The second kappa shape index (κ2) is 9.11. The van der Waals surface area contributed by atoms with Gasteiger partial charge in [0.2, 0.25) is 0 Å². The lowest BCUT2D eigenvalue weighted by atomic mass is 10.2. The highest BCUT2D eigenvalue weighted by Gasteiger charge is 2.24. The molecular weight excluding hydrogens is 416 g/mol. The molecule has 0 unspecified atom stereocenters. The first kappa shape index (κ1) is 21.4. The maximum Gasteiger partial charge on any atom is 0.274 e. The number of benzene rings is 1. The SMILES string of the molecule is Cc1cc(OCn2ccc(C(=O)N3CCN(Cc4cn(C)nc4C)CC3)n2)ccc1Cl. The van der Waals surface area contributed by atoms with Crippen molar-refractivity contribution < 1.29 is 9.53 Å². The van der Waals surface area contributed by atoms with Crippen molar-refractivity contribution >= 4 is 17.5 Å². The molecular formula is C22H27ClN6O2. The number of hydrogen-bond acceptors (Lipinski definition) is 5. The minimum atomic E-state index is -0.0432. The average Bonchev–Trinajstić information content (AvgIpc) is 3.35. The van der Waals surface area contributed by atoms with Crippen LogP contribution in [0.15, 0.2) is 36.7 Å². The third-order valence-corrected chi connectivity index (χ3v) is 5.95. The molecule has 164 valence electrons. The van der Waals surface area contributed by atoms with Crippen LogP contribution in [0, 0.1) is 13.8 Å². The largest absolute Gasteiger partial charge is 0.471 e. The number of piperazine rings is 1. The lowest BCUT2D eigenvalue weighted by molar-refractivity contribution is 0.0620. The summed E-state index contributed by atoms with van der Waals surface area (Å²) in [5.41, 5.74) is 3.68. The minimum Gasteiger partial charge on any atom is -0.471 e. The van der Waals surface area contributed by atoms with Crippen LogP contribution in [0.25, 0.3) is 0 Å². The lowest BCUT2D eigenvalue weighted by Gasteiger charge is -2.34. The van der Waals surface area contributed by atoms with Gasteiger partial charge in [-0.25, -0.2) is 4.68 Å². The van der Waals surface area contributed by atoms with E-state index in [9.17, 15) is 4.79 Å². The van der Waals surface area contributed by atoms with Crippen LogP contribution in [0.5, 0.6) is 5.75 Å². The first-order chi connectivity index (χ1) is 14.9. The van der Waals surface area contributed by atoms with E-state index in [1.54, 1.807) is 23.0 Å². The monoisotopic (exact) mass is 442 g/mol. The summed E-state index contributed by atoms with van der Waals surface area (Å²) in [4.78, 5) is 17.1. The normalized spacial score (nSPS) is 14.8. The summed E-state index contributed by atoms with van der Waals surface area (Å²) in [5, 5.41) is 9.50. The summed E-state index contributed by atoms with van der Waals surface area (Å²) >= 11 is 6.05. The van der Waals surface area contributed by atoms with Crippen LogP contribution in [-0.4, -0.2) is 61.4 Å². The van der Waals surface area contributed by atoms with E-state index < -0.39 is 0 Å². The van der Waals surface area contributed by atoms with E-state index in [0.29, 0.717) is 29.6 Å². The topological polar surface area (TPSA) is 68.4 Å². The summed E-state index contributed by atoms with van der Waals surface area (Å²) in [6.45, 7) is 8.09. The molecule has 2 aromatic heterocycles. The fourth-order valence-electron chi connectivity index (χ4n) is 3.71. The molecule has 4 rings (SSSR count). The molecule has 0 atom stereocenters. The van der Waals surface area contributed by atoms with Gasteiger partial charge in [0, 0.05) is 62.8 Å². The van der Waals surface area contributed by atoms with Gasteiger partial charge in [-0.3, -0.25) is 14.4 Å². The summed E-state index contributed by atoms with van der Waals surface area (Å²) in [7, 11) is 1.94. The zero-order valence-corrected chi connectivity index (χ0v) is 18.8. The van der Waals surface area contributed by atoms with Gasteiger partial charge >= 0.3 is 0 Å². The predicted molar refractivity (Wildman–Crippen MR) is 118 cm³/mol. The molecule has 0 radical (unpaired) electrons. The van der Waals surface area contributed by atoms with Crippen molar-refractivity contribution in [1.82, 2.24) is 29.4 Å². The van der Waals surface area contributed by atoms with Gasteiger partial charge in [-0.2, -0.15) is 10.2 Å². The fourth-order valence-corrected chi connectivity index (χ4v) is 3.83. The molecule has 1 fully saturated rings. The number of aromatic nitrogens is 4. The molecule has 3 aromatic rings. The molecule has 0 N–H and O–H groups in total. The van der Waals surface area contributed by atoms with Crippen molar-refractivity contribution in [2.45, 2.75) is 27.1 Å². The highest BCUT2D eigenvalue weighted by atomic mass is 35.5. The van der Waals surface area contributed by atoms with E-state index >= 15 is 0 Å². The minimum absolute atomic E-state index is 0.0432. The zero-order chi connectivity index (χ0) is 22.0. The maximum absolute atomic E-state index is 12.9. The van der Waals surface area contributed by atoms with E-state index in [1.807, 2.05) is 42.6 Å². The van der Waals surface area contributed by atoms with Crippen molar-refractivity contribution in [2.75, 3.05) is 26.2 Å². The van der Waals surface area contributed by atoms with Gasteiger partial charge in [0.1, 0.15) is 5.75 Å². The van der Waals surface area contributed by atoms with Gasteiger partial charge in [-0.15, -0.1) is 0 Å². The van der Waals surface area contributed by atoms with Crippen LogP contribution in [0.2, 0.25) is 5.02 Å². The molecule has 1 amide bonds. The molecule has 0 aliphatic carbocycles. The van der Waals surface area contributed by atoms with Crippen LogP contribution in [0.1, 0.15) is 27.3 Å². The van der Waals surface area contributed by atoms with E-state index in [4.69, 9.17) is 16.3 Å². The Bertz CT molecular complexity index is 1070. The molecule has 0 spiro atoms. The molecule has 1 aliphatic rings. The van der Waals surface area contributed by atoms with Crippen molar-refractivity contribution in [3.63, 3.8) is 0 Å². The van der Waals surface area contributed by atoms with E-state index in [2.05, 4.69) is 21.3 Å². The Kier molecular flexibility index (Phi) is 6.29. The lowest BCUT2D eigenvalue weighted by Crippen LogP contribution is -2.48. The van der Waals surface area contributed by atoms with Gasteiger partial charge in [-0.05, 0) is 43.7 Å². The second-order valence-corrected chi connectivity index (χ2v) is 8.31. The number of hydrogen-bond donors (Lipinski definition) is 0. The van der Waals surface area contributed by atoms with Gasteiger partial charge < -0.3 is 9.64 Å². The number of nitrogens with zero attached hydrogens (tertiary/aromatic N) is 6. The Balaban J connectivity index is 1.28. The van der Waals surface area contributed by atoms with Crippen LogP contribution >= 0.6 is 11.6 Å². The van der Waals surface area contributed by atoms with Crippen molar-refractivity contribution in [2.24, 2.45) is 7.05 Å². The number of carbonyl (C=O) groups is 1. The molecule has 31 heavy (non-hydrogen) atoms. The number of aryl methyl sites for hydroxylation is 3. The molecule has 1 saturated heterocycles. The molecule has 9 heteroatoms. The number of halogens is 1. The predicted octanol–water partition coefficient (Wildman–Crippen LogP) is 2.88. The Morgan fingerprint density at radius 3 is 2.58 bits per heavy atom. The zero-order valence-electron chi connectivity index (χ0n) is 18.1. The smallest absolute Gasteiger partial charge is 0.274 e. The highest BCUT2D eigenvalue weighted by molar-refractivity contribution is 6.31. The van der Waals surface area contributed by atoms with Crippen molar-refractivity contribution in [1.29, 1.82) is 0 Å². The Hall–Kier alpha value is -2.84. The Morgan fingerprint density at radius 2 is 1.90 bits per heavy atom. The first-order valence-corrected chi connectivity index (χ1v) is 10.7. The van der Waals surface area contributed by atoms with Crippen molar-refractivity contribution in [3.8, 4) is 5.75 Å². The molecule has 8 nitrogen and oxygen atoms in total. The maximum atomic E-state index is 12.9. The van der Waals surface area contributed by atoms with Crippen LogP contribution < -0.4 is 4.74 Å². The van der Waals surface area contributed by atoms with E-state index in [-0.39, 0.29) is 12.6 Å². The van der Waals surface area contributed by atoms with Gasteiger partial charge in [0.15, 0.2) is 12.4 Å². The quantitative estimate of drug-likeness (QED) is 0.587. The molecule has 0 bridgehead atoms. The second-order valence-electron chi connectivity index (χ2n) is 7.91. The molecule has 3 heterocycles. The number of rotatable bonds is 6. The fraction of sp³-hybridized carbons (Fsp3) is 0.409. The summed E-state index contributed by atoms with van der Waals surface area (Å²) in [6, 6.07) is 7.24. The third kappa shape index (κ3) is 5.08. The average molecular weight is 443 g/mol. The Morgan fingerprint density at radius 1 is 1.13 bits per heavy atom. The number of carbonyl (C=O) groups excluding carboxylic acids is 1. The third-order valence-electron chi connectivity index (χ3n) is 5.52. The highest BCUT2D eigenvalue weighted by Crippen LogP contribution is 2.21. The standard InChI is InChI=1S/C22H27ClN6O2/c1-16-12-19(4-5-20(16)23)31-15-29-7-6-21(25-29)22(30)28-10-8-27(9-11-28)14-18-13-26(3)24-17(18)2/h4-7,12-13H,8-11,14-15H2,1-3H3. The van der Waals surface area contributed by atoms with Gasteiger partial charge in [-0.1, -0.05) is 11.6 Å². The van der Waals surface area contributed by atoms with Gasteiger partial charge in [0.05, 0.1) is 5.69 Å². The Labute approximate surface area is 187 Å². The molecule has 1 aromatic carbocycles. The van der Waals surface area contributed by atoms with Crippen LogP contribution in [0.4, 0.5) is 0 Å². The summed E-state index contributed by atoms with van der Waals surface area (Å²) in [6.07, 6.45) is 3.82. The first-order valence-electron chi connectivity index (χ1n) is 10.3. The summed E-state index contributed by atoms with van der Waals surface area (Å²) < 4.78 is 9.22. The molecule has 1 aliphatic heterocycles.